The van der Waals surface area contributed by atoms with Crippen molar-refractivity contribution in [2.24, 2.45) is 0 Å². The van der Waals surface area contributed by atoms with Gasteiger partial charge in [-0.2, -0.15) is 0 Å². The number of benzene rings is 4. The highest BCUT2D eigenvalue weighted by molar-refractivity contribution is 6.04. The lowest BCUT2D eigenvalue weighted by molar-refractivity contribution is 0.0665. The topological polar surface area (TPSA) is 70.2 Å². The van der Waals surface area contributed by atoms with Gasteiger partial charge in [0.2, 0.25) is 0 Å². The van der Waals surface area contributed by atoms with Gasteiger partial charge in [-0.05, 0) is 145 Å². The van der Waals surface area contributed by atoms with Crippen LogP contribution in [0.25, 0.3) is 11.1 Å². The van der Waals surface area contributed by atoms with Crippen molar-refractivity contribution in [3.63, 3.8) is 0 Å². The number of carbonyl (C=O) groups excluding carboxylic acids is 3. The molecule has 4 aromatic rings. The van der Waals surface area contributed by atoms with Crippen molar-refractivity contribution in [2.75, 3.05) is 46.4 Å². The SMILES string of the molecule is CCN(CC)C(C)(C)C(=O)c1ccc(CC2(Cc3ccc(C(=O)C(C)(C)N(CC)CC)cc3)c3cc(OC)ccc3-c3ccc(C(=O)C(C)(C)N(CC)CC)cc32)cc1. The third-order valence-electron chi connectivity index (χ3n) is 13.6. The molecule has 5 rings (SSSR count). The van der Waals surface area contributed by atoms with Crippen LogP contribution in [0.5, 0.6) is 5.75 Å². The number of Topliss-reactive ketones (excluding diaryl/α,β-unsaturated/α-hetero) is 3. The molecule has 1 aliphatic carbocycles. The van der Waals surface area contributed by atoms with E-state index in [4.69, 9.17) is 4.74 Å². The minimum Gasteiger partial charge on any atom is -0.497 e. The van der Waals surface area contributed by atoms with Crippen LogP contribution in [0.4, 0.5) is 0 Å². The molecule has 7 nitrogen and oxygen atoms in total. The fourth-order valence-corrected chi connectivity index (χ4v) is 9.96. The fraction of sp³-hybridized carbons (Fsp3) is 0.481. The molecule has 0 heterocycles. The number of ketones is 3. The number of rotatable bonds is 20. The van der Waals surface area contributed by atoms with Crippen molar-refractivity contribution in [1.82, 2.24) is 14.7 Å². The second kappa shape index (κ2) is 18.0. The molecule has 0 spiro atoms. The quantitative estimate of drug-likeness (QED) is 0.0825. The van der Waals surface area contributed by atoms with Gasteiger partial charge in [0.1, 0.15) is 5.75 Å². The van der Waals surface area contributed by atoms with Crippen LogP contribution in [0, 0.1) is 0 Å². The highest BCUT2D eigenvalue weighted by Crippen LogP contribution is 2.54. The van der Waals surface area contributed by atoms with E-state index >= 15 is 0 Å². The Morgan fingerprint density at radius 1 is 0.475 bits per heavy atom. The number of ether oxygens (including phenoxy) is 1. The zero-order chi connectivity index (χ0) is 43.5. The molecule has 0 unspecified atom stereocenters. The van der Waals surface area contributed by atoms with Gasteiger partial charge in [0.25, 0.3) is 0 Å². The molecule has 0 saturated carbocycles. The molecule has 4 aromatic carbocycles. The molecule has 0 fully saturated rings. The first-order chi connectivity index (χ1) is 27.9. The molecule has 59 heavy (non-hydrogen) atoms. The zero-order valence-corrected chi connectivity index (χ0v) is 38.2. The summed E-state index contributed by atoms with van der Waals surface area (Å²) in [6.45, 7) is 29.4. The van der Waals surface area contributed by atoms with Gasteiger partial charge in [-0.25, -0.2) is 0 Å². The predicted octanol–water partition coefficient (Wildman–Crippen LogP) is 10.4. The number of fused-ring (bicyclic) bond motifs is 3. The maximum absolute atomic E-state index is 14.5. The summed E-state index contributed by atoms with van der Waals surface area (Å²) in [6.07, 6.45) is 1.22. The Morgan fingerprint density at radius 3 is 1.15 bits per heavy atom. The molecule has 0 aromatic heterocycles. The van der Waals surface area contributed by atoms with Gasteiger partial charge in [0.05, 0.1) is 23.7 Å². The highest BCUT2D eigenvalue weighted by atomic mass is 16.5. The van der Waals surface area contributed by atoms with E-state index in [1.165, 1.54) is 0 Å². The van der Waals surface area contributed by atoms with Crippen LogP contribution in [0.2, 0.25) is 0 Å². The molecule has 0 radical (unpaired) electrons. The number of hydrogen-bond donors (Lipinski definition) is 0. The molecule has 7 heteroatoms. The molecule has 1 aliphatic rings. The van der Waals surface area contributed by atoms with Gasteiger partial charge in [-0.1, -0.05) is 108 Å². The summed E-state index contributed by atoms with van der Waals surface area (Å²) >= 11 is 0. The highest BCUT2D eigenvalue weighted by Gasteiger charge is 2.45. The maximum atomic E-state index is 14.5. The Bertz CT molecular complexity index is 2040. The van der Waals surface area contributed by atoms with Gasteiger partial charge in [-0.3, -0.25) is 29.1 Å². The molecule has 0 saturated heterocycles. The van der Waals surface area contributed by atoms with Crippen LogP contribution in [-0.2, 0) is 18.3 Å². The van der Waals surface area contributed by atoms with Gasteiger partial charge in [0, 0.05) is 22.1 Å². The van der Waals surface area contributed by atoms with E-state index in [1.54, 1.807) is 7.11 Å². The molecule has 0 bridgehead atoms. The third kappa shape index (κ3) is 8.49. The van der Waals surface area contributed by atoms with E-state index in [-0.39, 0.29) is 17.3 Å². The summed E-state index contributed by atoms with van der Waals surface area (Å²) in [4.78, 5) is 49.0. The van der Waals surface area contributed by atoms with Crippen molar-refractivity contribution in [3.05, 3.63) is 124 Å². The first-order valence-corrected chi connectivity index (χ1v) is 21.8. The molecular formula is C52H69N3O4. The summed E-state index contributed by atoms with van der Waals surface area (Å²) in [7, 11) is 1.70. The monoisotopic (exact) mass is 800 g/mol. The Morgan fingerprint density at radius 2 is 0.797 bits per heavy atom. The lowest BCUT2D eigenvalue weighted by Gasteiger charge is -2.37. The normalized spacial score (nSPS) is 13.8. The average molecular weight is 800 g/mol. The van der Waals surface area contributed by atoms with Gasteiger partial charge in [0.15, 0.2) is 17.3 Å². The Kier molecular flexibility index (Phi) is 14.0. The van der Waals surface area contributed by atoms with Crippen molar-refractivity contribution in [3.8, 4) is 16.9 Å². The van der Waals surface area contributed by atoms with Crippen molar-refractivity contribution < 1.29 is 19.1 Å². The van der Waals surface area contributed by atoms with Crippen molar-refractivity contribution in [1.29, 1.82) is 0 Å². The smallest absolute Gasteiger partial charge is 0.182 e. The van der Waals surface area contributed by atoms with Crippen LogP contribution in [0.3, 0.4) is 0 Å². The summed E-state index contributed by atoms with van der Waals surface area (Å²) in [6, 6.07) is 28.9. The average Bonchev–Trinajstić information content (AvgIpc) is 3.48. The first kappa shape index (κ1) is 45.7. The fourth-order valence-electron chi connectivity index (χ4n) is 9.96. The van der Waals surface area contributed by atoms with Gasteiger partial charge < -0.3 is 4.74 Å². The van der Waals surface area contributed by atoms with Crippen molar-refractivity contribution in [2.45, 2.75) is 118 Å². The lowest BCUT2D eigenvalue weighted by Crippen LogP contribution is -2.50. The Hall–Kier alpha value is -4.43. The van der Waals surface area contributed by atoms with Crippen LogP contribution in [-0.4, -0.2) is 95.0 Å². The minimum atomic E-state index is -0.697. The minimum absolute atomic E-state index is 0.0869. The Labute approximate surface area is 355 Å². The zero-order valence-electron chi connectivity index (χ0n) is 38.2. The summed E-state index contributed by atoms with van der Waals surface area (Å²) in [5, 5.41) is 0. The second-order valence-corrected chi connectivity index (χ2v) is 17.7. The number of methoxy groups -OCH3 is 1. The summed E-state index contributed by atoms with van der Waals surface area (Å²) in [5.74, 6) is 1.05. The van der Waals surface area contributed by atoms with Gasteiger partial charge >= 0.3 is 0 Å². The number of nitrogens with zero attached hydrogens (tertiary/aromatic N) is 3. The largest absolute Gasteiger partial charge is 0.497 e. The summed E-state index contributed by atoms with van der Waals surface area (Å²) < 4.78 is 5.87. The molecular weight excluding hydrogens is 731 g/mol. The van der Waals surface area contributed by atoms with E-state index in [1.807, 2.05) is 77.9 Å². The molecule has 0 N–H and O–H groups in total. The van der Waals surface area contributed by atoms with Crippen LogP contribution in [0.1, 0.15) is 136 Å². The van der Waals surface area contributed by atoms with E-state index in [2.05, 4.69) is 105 Å². The first-order valence-electron chi connectivity index (χ1n) is 21.8. The third-order valence-corrected chi connectivity index (χ3v) is 13.6. The van der Waals surface area contributed by atoms with E-state index in [9.17, 15) is 14.4 Å². The van der Waals surface area contributed by atoms with E-state index < -0.39 is 22.0 Å². The Balaban J connectivity index is 1.69. The van der Waals surface area contributed by atoms with E-state index in [0.29, 0.717) is 29.5 Å². The predicted molar refractivity (Wildman–Crippen MR) is 243 cm³/mol. The second-order valence-electron chi connectivity index (χ2n) is 17.7. The lowest BCUT2D eigenvalue weighted by atomic mass is 9.69. The number of hydrogen-bond acceptors (Lipinski definition) is 7. The van der Waals surface area contributed by atoms with Crippen molar-refractivity contribution >= 4 is 17.3 Å². The molecule has 0 atom stereocenters. The number of likely N-dealkylation sites (N-methyl/N-ethyl adjacent to an activating group) is 3. The standard InChI is InChI=1S/C52H69N3O4/c1-14-53(15-2)49(7,8)46(56)38-24-20-36(21-25-38)34-52(35-37-22-26-39(27-23-37)47(57)50(9,10)54(16-3)17-4)44-32-40(48(58)51(11,12)55(18-5)19-6)28-30-42(44)43-31-29-41(59-13)33-45(43)52/h20-33H,14-19,34-35H2,1-13H3. The van der Waals surface area contributed by atoms with Crippen LogP contribution in [0.15, 0.2) is 84.9 Å². The van der Waals surface area contributed by atoms with E-state index in [0.717, 1.165) is 78.4 Å². The maximum Gasteiger partial charge on any atom is 0.182 e. The number of carbonyl (C=O) groups is 3. The molecule has 0 amide bonds. The summed E-state index contributed by atoms with van der Waals surface area (Å²) in [5.41, 5.74) is 6.06. The molecule has 316 valence electrons. The van der Waals surface area contributed by atoms with Crippen LogP contribution < -0.4 is 4.74 Å². The molecule has 0 aliphatic heterocycles. The van der Waals surface area contributed by atoms with Gasteiger partial charge in [-0.15, -0.1) is 0 Å². The van der Waals surface area contributed by atoms with Crippen LogP contribution >= 0.6 is 0 Å².